The maximum absolute atomic E-state index is 6.52. The molecule has 5 heteroatoms. The number of rotatable bonds is 4. The van der Waals surface area contributed by atoms with Crippen LogP contribution in [0.1, 0.15) is 41.3 Å². The van der Waals surface area contributed by atoms with Crippen molar-refractivity contribution in [3.63, 3.8) is 0 Å². The first-order chi connectivity index (χ1) is 25.3. The Bertz CT molecular complexity index is 2820. The molecule has 9 aromatic rings. The smallest absolute Gasteiger partial charge is 0.160 e. The zero-order chi connectivity index (χ0) is 33.5. The molecule has 0 spiro atoms. The van der Waals surface area contributed by atoms with E-state index in [9.17, 15) is 0 Å². The number of anilines is 1. The SMILES string of the molecule is C1=Cc2c(c3cc(-c4ccc5c(c4)c4ccccc4n5-c4ccccc4)ccc3n2C2Nc3c(oc4ccccc34)C(c3ccccc3)N2)CC1. The standard InChI is InChI=1S/C46H34N4O/c1-3-13-29(14-4-1)43-45-44(35-19-9-12-22-42(35)51-45)48-46(47-43)50-39-21-11-8-18-34(39)37-28-31(24-26-41(37)50)30-23-25-40-36(27-30)33-17-7-10-20-38(33)49(40)32-15-5-2-6-16-32/h1-7,9-17,19-28,43,46-48H,8,18H2. The summed E-state index contributed by atoms with van der Waals surface area (Å²) in [6.07, 6.45) is 6.48. The Kier molecular flexibility index (Phi) is 6.21. The van der Waals surface area contributed by atoms with Gasteiger partial charge in [0.05, 0.1) is 28.3 Å². The van der Waals surface area contributed by atoms with Crippen LogP contribution in [0.5, 0.6) is 0 Å². The third-order valence-electron chi connectivity index (χ3n) is 10.9. The minimum absolute atomic E-state index is 0.107. The Morgan fingerprint density at radius 2 is 1.29 bits per heavy atom. The fourth-order valence-electron chi connectivity index (χ4n) is 8.59. The lowest BCUT2D eigenvalue weighted by atomic mass is 9.97. The molecule has 0 fully saturated rings. The topological polar surface area (TPSA) is 47.1 Å². The number of hydrogen-bond acceptors (Lipinski definition) is 3. The van der Waals surface area contributed by atoms with Gasteiger partial charge in [-0.15, -0.1) is 0 Å². The number of benzene rings is 6. The molecule has 6 aromatic carbocycles. The molecule has 2 aliphatic rings. The predicted molar refractivity (Wildman–Crippen MR) is 209 cm³/mol. The number of allylic oxidation sites excluding steroid dienone is 1. The number of furan rings is 1. The van der Waals surface area contributed by atoms with Crippen molar-refractivity contribution in [2.75, 3.05) is 5.32 Å². The van der Waals surface area contributed by atoms with E-state index in [2.05, 4.69) is 171 Å². The summed E-state index contributed by atoms with van der Waals surface area (Å²) in [6, 6.07) is 52.2. The average Bonchev–Trinajstić information content (AvgIpc) is 3.85. The summed E-state index contributed by atoms with van der Waals surface area (Å²) >= 11 is 0. The van der Waals surface area contributed by atoms with Gasteiger partial charge in [-0.25, -0.2) is 0 Å². The molecule has 244 valence electrons. The van der Waals surface area contributed by atoms with E-state index in [1.807, 2.05) is 6.07 Å². The van der Waals surface area contributed by atoms with Crippen molar-refractivity contribution in [2.45, 2.75) is 25.2 Å². The fraction of sp³-hybridized carbons (Fsp3) is 0.0870. The van der Waals surface area contributed by atoms with Crippen molar-refractivity contribution in [3.8, 4) is 16.8 Å². The van der Waals surface area contributed by atoms with Crippen LogP contribution in [-0.2, 0) is 6.42 Å². The van der Waals surface area contributed by atoms with E-state index in [4.69, 9.17) is 4.42 Å². The summed E-state index contributed by atoms with van der Waals surface area (Å²) in [7, 11) is 0. The summed E-state index contributed by atoms with van der Waals surface area (Å²) in [5.74, 6) is 0.922. The van der Waals surface area contributed by atoms with Gasteiger partial charge in [0.25, 0.3) is 0 Å². The quantitative estimate of drug-likeness (QED) is 0.198. The summed E-state index contributed by atoms with van der Waals surface area (Å²) in [5, 5.41) is 12.8. The Labute approximate surface area is 295 Å². The van der Waals surface area contributed by atoms with Gasteiger partial charge in [-0.2, -0.15) is 0 Å². The van der Waals surface area contributed by atoms with Crippen LogP contribution in [0.2, 0.25) is 0 Å². The molecule has 2 unspecified atom stereocenters. The molecule has 0 saturated carbocycles. The number of aryl methyl sites for hydroxylation is 1. The van der Waals surface area contributed by atoms with E-state index in [-0.39, 0.29) is 12.3 Å². The van der Waals surface area contributed by atoms with Gasteiger partial charge in [-0.1, -0.05) is 97.1 Å². The number of hydrogen-bond donors (Lipinski definition) is 2. The van der Waals surface area contributed by atoms with Crippen molar-refractivity contribution < 1.29 is 4.42 Å². The number of nitrogens with zero attached hydrogens (tertiary/aromatic N) is 2. The zero-order valence-electron chi connectivity index (χ0n) is 27.9. The molecular formula is C46H34N4O. The van der Waals surface area contributed by atoms with Gasteiger partial charge < -0.3 is 18.9 Å². The van der Waals surface area contributed by atoms with Gasteiger partial charge in [0.2, 0.25) is 0 Å². The van der Waals surface area contributed by atoms with Gasteiger partial charge in [0.1, 0.15) is 11.3 Å². The average molecular weight is 659 g/mol. The second kappa shape index (κ2) is 11.1. The normalized spacial score (nSPS) is 16.9. The summed E-state index contributed by atoms with van der Waals surface area (Å²) in [6.45, 7) is 0. The molecule has 0 bridgehead atoms. The van der Waals surface area contributed by atoms with Crippen molar-refractivity contribution in [1.82, 2.24) is 14.5 Å². The highest BCUT2D eigenvalue weighted by molar-refractivity contribution is 6.10. The number of aromatic nitrogens is 2. The van der Waals surface area contributed by atoms with Gasteiger partial charge in [-0.3, -0.25) is 5.32 Å². The third-order valence-corrected chi connectivity index (χ3v) is 10.9. The van der Waals surface area contributed by atoms with E-state index >= 15 is 0 Å². The lowest BCUT2D eigenvalue weighted by Gasteiger charge is -2.34. The molecule has 1 aliphatic carbocycles. The molecule has 51 heavy (non-hydrogen) atoms. The highest BCUT2D eigenvalue weighted by Gasteiger charge is 2.35. The van der Waals surface area contributed by atoms with Gasteiger partial charge in [0.15, 0.2) is 6.29 Å². The first-order valence-corrected chi connectivity index (χ1v) is 17.8. The van der Waals surface area contributed by atoms with Crippen LogP contribution in [0.15, 0.2) is 156 Å². The van der Waals surface area contributed by atoms with Crippen LogP contribution in [0.3, 0.4) is 0 Å². The zero-order valence-corrected chi connectivity index (χ0v) is 27.9. The minimum atomic E-state index is -0.191. The fourth-order valence-corrected chi connectivity index (χ4v) is 8.59. The highest BCUT2D eigenvalue weighted by Crippen LogP contribution is 2.45. The van der Waals surface area contributed by atoms with Crippen molar-refractivity contribution in [3.05, 3.63) is 174 Å². The number of fused-ring (bicyclic) bond motifs is 9. The van der Waals surface area contributed by atoms with Crippen LogP contribution in [0, 0.1) is 0 Å². The minimum Gasteiger partial charge on any atom is -0.457 e. The molecule has 0 amide bonds. The lowest BCUT2D eigenvalue weighted by Crippen LogP contribution is -2.40. The maximum Gasteiger partial charge on any atom is 0.160 e. The maximum atomic E-state index is 6.52. The first kappa shape index (κ1) is 28.5. The molecular weight excluding hydrogens is 625 g/mol. The Morgan fingerprint density at radius 1 is 0.608 bits per heavy atom. The molecule has 2 atom stereocenters. The van der Waals surface area contributed by atoms with E-state index in [0.29, 0.717) is 0 Å². The van der Waals surface area contributed by atoms with Gasteiger partial charge >= 0.3 is 0 Å². The molecule has 0 saturated heterocycles. The number of para-hydroxylation sites is 3. The summed E-state index contributed by atoms with van der Waals surface area (Å²) in [5.41, 5.74) is 13.1. The summed E-state index contributed by atoms with van der Waals surface area (Å²) < 4.78 is 11.4. The lowest BCUT2D eigenvalue weighted by molar-refractivity contribution is 0.364. The molecule has 3 aromatic heterocycles. The monoisotopic (exact) mass is 658 g/mol. The van der Waals surface area contributed by atoms with E-state index in [0.717, 1.165) is 35.3 Å². The van der Waals surface area contributed by atoms with E-state index in [1.54, 1.807) is 0 Å². The molecule has 11 rings (SSSR count). The largest absolute Gasteiger partial charge is 0.457 e. The first-order valence-electron chi connectivity index (χ1n) is 17.8. The van der Waals surface area contributed by atoms with Crippen molar-refractivity contribution >= 4 is 55.4 Å². The molecule has 4 heterocycles. The van der Waals surface area contributed by atoms with Crippen LogP contribution in [-0.4, -0.2) is 9.13 Å². The highest BCUT2D eigenvalue weighted by atomic mass is 16.3. The summed E-state index contributed by atoms with van der Waals surface area (Å²) in [4.78, 5) is 0. The van der Waals surface area contributed by atoms with Crippen LogP contribution in [0.25, 0.3) is 66.6 Å². The van der Waals surface area contributed by atoms with Gasteiger partial charge in [0, 0.05) is 32.9 Å². The Morgan fingerprint density at radius 3 is 2.14 bits per heavy atom. The van der Waals surface area contributed by atoms with Crippen LogP contribution in [0.4, 0.5) is 5.69 Å². The molecule has 1 aliphatic heterocycles. The third kappa shape index (κ3) is 4.32. The molecule has 2 N–H and O–H groups in total. The predicted octanol–water partition coefficient (Wildman–Crippen LogP) is 11.4. The Balaban J connectivity index is 1.06. The van der Waals surface area contributed by atoms with Crippen molar-refractivity contribution in [2.24, 2.45) is 0 Å². The second-order valence-corrected chi connectivity index (χ2v) is 13.7. The van der Waals surface area contributed by atoms with Crippen LogP contribution < -0.4 is 10.6 Å². The molecule has 5 nitrogen and oxygen atoms in total. The van der Waals surface area contributed by atoms with Gasteiger partial charge in [-0.05, 0) is 95.8 Å². The second-order valence-electron chi connectivity index (χ2n) is 13.7. The Hall–Kier alpha value is -6.30. The molecule has 0 radical (unpaired) electrons. The van der Waals surface area contributed by atoms with E-state index < -0.39 is 0 Å². The van der Waals surface area contributed by atoms with Crippen molar-refractivity contribution in [1.29, 1.82) is 0 Å². The van der Waals surface area contributed by atoms with E-state index in [1.165, 1.54) is 66.3 Å². The van der Waals surface area contributed by atoms with Crippen LogP contribution >= 0.6 is 0 Å². The number of nitrogens with one attached hydrogen (secondary N) is 2.